The quantitative estimate of drug-likeness (QED) is 0.475. The predicted octanol–water partition coefficient (Wildman–Crippen LogP) is 4.42. The Kier molecular flexibility index (Phi) is 4.54. The van der Waals surface area contributed by atoms with E-state index >= 15 is 0 Å². The molecule has 0 aliphatic rings. The van der Waals surface area contributed by atoms with Crippen molar-refractivity contribution in [1.82, 2.24) is 0 Å². The van der Waals surface area contributed by atoms with Crippen LogP contribution < -0.4 is 4.74 Å². The second-order valence-electron chi connectivity index (χ2n) is 4.86. The monoisotopic (exact) mass is 282 g/mol. The molecule has 108 valence electrons. The molecule has 0 saturated heterocycles. The molecule has 0 bridgehead atoms. The van der Waals surface area contributed by atoms with Crippen LogP contribution in [0.1, 0.15) is 12.0 Å². The van der Waals surface area contributed by atoms with E-state index in [0.29, 0.717) is 12.6 Å². The van der Waals surface area contributed by atoms with Crippen LogP contribution in [0.4, 0.5) is 0 Å². The summed E-state index contributed by atoms with van der Waals surface area (Å²) in [4.78, 5) is 0. The summed E-state index contributed by atoms with van der Waals surface area (Å²) in [6.07, 6.45) is 2.00. The summed E-state index contributed by atoms with van der Waals surface area (Å²) < 4.78 is 16.5. The molecule has 0 spiro atoms. The molecule has 0 atom stereocenters. The van der Waals surface area contributed by atoms with Crippen LogP contribution in [0.3, 0.4) is 0 Å². The molecule has 3 aromatic rings. The van der Waals surface area contributed by atoms with E-state index in [1.165, 1.54) is 5.56 Å². The number of aryl methyl sites for hydroxylation is 1. The number of hydrogen-bond donors (Lipinski definition) is 0. The number of benzene rings is 2. The van der Waals surface area contributed by atoms with Crippen molar-refractivity contribution >= 4 is 11.0 Å². The van der Waals surface area contributed by atoms with Crippen molar-refractivity contribution < 1.29 is 13.9 Å². The van der Waals surface area contributed by atoms with Crippen LogP contribution in [0.5, 0.6) is 5.95 Å². The second-order valence-corrected chi connectivity index (χ2v) is 4.86. The maximum atomic E-state index is 5.54. The van der Waals surface area contributed by atoms with Crippen molar-refractivity contribution in [3.8, 4) is 5.95 Å². The maximum Gasteiger partial charge on any atom is 0.287 e. The molecule has 0 N–H and O–H groups in total. The van der Waals surface area contributed by atoms with Gasteiger partial charge in [0.15, 0.2) is 6.79 Å². The molecule has 21 heavy (non-hydrogen) atoms. The Hall–Kier alpha value is -2.26. The highest BCUT2D eigenvalue weighted by molar-refractivity contribution is 5.78. The normalized spacial score (nSPS) is 10.9. The highest BCUT2D eigenvalue weighted by atomic mass is 16.7. The average Bonchev–Trinajstić information content (AvgIpc) is 2.94. The van der Waals surface area contributed by atoms with Gasteiger partial charge in [-0.1, -0.05) is 48.5 Å². The van der Waals surface area contributed by atoms with Crippen molar-refractivity contribution in [2.24, 2.45) is 0 Å². The van der Waals surface area contributed by atoms with E-state index < -0.39 is 0 Å². The van der Waals surface area contributed by atoms with Gasteiger partial charge >= 0.3 is 0 Å². The molecule has 3 rings (SSSR count). The Labute approximate surface area is 124 Å². The number of para-hydroxylation sites is 1. The van der Waals surface area contributed by atoms with Crippen LogP contribution in [0.15, 0.2) is 65.1 Å². The maximum absolute atomic E-state index is 5.54. The summed E-state index contributed by atoms with van der Waals surface area (Å²) in [7, 11) is 0. The van der Waals surface area contributed by atoms with Gasteiger partial charge in [0.1, 0.15) is 5.58 Å². The van der Waals surface area contributed by atoms with Gasteiger partial charge in [-0.25, -0.2) is 0 Å². The van der Waals surface area contributed by atoms with Gasteiger partial charge in [-0.3, -0.25) is 0 Å². The fourth-order valence-corrected chi connectivity index (χ4v) is 2.21. The topological polar surface area (TPSA) is 31.6 Å². The van der Waals surface area contributed by atoms with Crippen LogP contribution in [-0.2, 0) is 11.2 Å². The molecule has 0 fully saturated rings. The molecule has 1 aromatic heterocycles. The van der Waals surface area contributed by atoms with Crippen molar-refractivity contribution in [1.29, 1.82) is 0 Å². The first-order valence-electron chi connectivity index (χ1n) is 7.15. The Morgan fingerprint density at radius 3 is 2.57 bits per heavy atom. The van der Waals surface area contributed by atoms with Crippen LogP contribution in [0.2, 0.25) is 0 Å². The lowest BCUT2D eigenvalue weighted by Crippen LogP contribution is -2.04. The standard InChI is InChI=1S/C18H18O3/c1-2-7-15(8-3-1)9-6-12-19-14-20-18-13-16-10-4-5-11-17(16)21-18/h1-5,7-8,10-11,13H,6,9,12,14H2. The van der Waals surface area contributed by atoms with Gasteiger partial charge in [0.05, 0.1) is 6.61 Å². The first kappa shape index (κ1) is 13.7. The zero-order valence-electron chi connectivity index (χ0n) is 11.8. The molecule has 0 aliphatic carbocycles. The fourth-order valence-electron chi connectivity index (χ4n) is 2.21. The first-order valence-corrected chi connectivity index (χ1v) is 7.15. The molecule has 1 heterocycles. The van der Waals surface area contributed by atoms with E-state index in [1.807, 2.05) is 36.4 Å². The molecule has 2 aromatic carbocycles. The molecule has 0 saturated carbocycles. The lowest BCUT2D eigenvalue weighted by molar-refractivity contribution is 0.00236. The van der Waals surface area contributed by atoms with E-state index in [0.717, 1.165) is 23.8 Å². The molecule has 0 amide bonds. The smallest absolute Gasteiger partial charge is 0.287 e. The SMILES string of the molecule is c1ccc(CCCOCOc2cc3ccccc3o2)cc1. The number of hydrogen-bond acceptors (Lipinski definition) is 3. The zero-order chi connectivity index (χ0) is 14.3. The highest BCUT2D eigenvalue weighted by Gasteiger charge is 2.03. The number of furan rings is 1. The van der Waals surface area contributed by atoms with E-state index in [4.69, 9.17) is 13.9 Å². The second kappa shape index (κ2) is 6.95. The molecule has 0 unspecified atom stereocenters. The van der Waals surface area contributed by atoms with Gasteiger partial charge in [-0.05, 0) is 24.5 Å². The lowest BCUT2D eigenvalue weighted by atomic mass is 10.1. The predicted molar refractivity (Wildman–Crippen MR) is 82.4 cm³/mol. The third kappa shape index (κ3) is 3.86. The van der Waals surface area contributed by atoms with Gasteiger partial charge < -0.3 is 13.9 Å². The minimum absolute atomic E-state index is 0.217. The molecule has 0 aliphatic heterocycles. The summed E-state index contributed by atoms with van der Waals surface area (Å²) >= 11 is 0. The van der Waals surface area contributed by atoms with E-state index in [9.17, 15) is 0 Å². The van der Waals surface area contributed by atoms with E-state index in [2.05, 4.69) is 24.3 Å². The van der Waals surface area contributed by atoms with Crippen LogP contribution in [0, 0.1) is 0 Å². The van der Waals surface area contributed by atoms with Gasteiger partial charge in [0.25, 0.3) is 5.95 Å². The Balaban J connectivity index is 1.36. The van der Waals surface area contributed by atoms with Crippen molar-refractivity contribution in [3.63, 3.8) is 0 Å². The lowest BCUT2D eigenvalue weighted by Gasteiger charge is -2.04. The van der Waals surface area contributed by atoms with Gasteiger partial charge in [-0.15, -0.1) is 0 Å². The van der Waals surface area contributed by atoms with E-state index in [-0.39, 0.29) is 6.79 Å². The zero-order valence-corrected chi connectivity index (χ0v) is 11.8. The summed E-state index contributed by atoms with van der Waals surface area (Å²) in [6.45, 7) is 0.893. The average molecular weight is 282 g/mol. The Morgan fingerprint density at radius 2 is 1.71 bits per heavy atom. The highest BCUT2D eigenvalue weighted by Crippen LogP contribution is 2.24. The van der Waals surface area contributed by atoms with Crippen molar-refractivity contribution in [2.75, 3.05) is 13.4 Å². The molecule has 3 heteroatoms. The minimum atomic E-state index is 0.217. The number of ether oxygens (including phenoxy) is 2. The number of fused-ring (bicyclic) bond motifs is 1. The van der Waals surface area contributed by atoms with Crippen LogP contribution in [0.25, 0.3) is 11.0 Å². The van der Waals surface area contributed by atoms with Crippen molar-refractivity contribution in [3.05, 3.63) is 66.2 Å². The largest absolute Gasteiger partial charge is 0.438 e. The Morgan fingerprint density at radius 1 is 0.905 bits per heavy atom. The number of rotatable bonds is 7. The van der Waals surface area contributed by atoms with Crippen molar-refractivity contribution in [2.45, 2.75) is 12.8 Å². The fraction of sp³-hybridized carbons (Fsp3) is 0.222. The van der Waals surface area contributed by atoms with Crippen LogP contribution >= 0.6 is 0 Å². The summed E-state index contributed by atoms with van der Waals surface area (Å²) in [5.41, 5.74) is 2.16. The van der Waals surface area contributed by atoms with Gasteiger partial charge in [0, 0.05) is 11.5 Å². The van der Waals surface area contributed by atoms with E-state index in [1.54, 1.807) is 0 Å². The molecule has 0 radical (unpaired) electrons. The third-order valence-corrected chi connectivity index (χ3v) is 3.28. The summed E-state index contributed by atoms with van der Waals surface area (Å²) in [5.74, 6) is 0.499. The third-order valence-electron chi connectivity index (χ3n) is 3.28. The summed E-state index contributed by atoms with van der Waals surface area (Å²) in [6, 6.07) is 20.1. The first-order chi connectivity index (χ1) is 10.4. The van der Waals surface area contributed by atoms with Crippen LogP contribution in [-0.4, -0.2) is 13.4 Å². The van der Waals surface area contributed by atoms with Gasteiger partial charge in [-0.2, -0.15) is 0 Å². The molecular weight excluding hydrogens is 264 g/mol. The minimum Gasteiger partial charge on any atom is -0.438 e. The molecule has 3 nitrogen and oxygen atoms in total. The molecular formula is C18H18O3. The van der Waals surface area contributed by atoms with Gasteiger partial charge in [0.2, 0.25) is 0 Å². The summed E-state index contributed by atoms with van der Waals surface area (Å²) in [5, 5.41) is 1.04. The Bertz CT molecular complexity index is 640.